The van der Waals surface area contributed by atoms with E-state index in [1.807, 2.05) is 17.6 Å². The van der Waals surface area contributed by atoms with Gasteiger partial charge in [0, 0.05) is 36.9 Å². The number of amides is 1. The van der Waals surface area contributed by atoms with Crippen LogP contribution in [0.5, 0.6) is 0 Å². The molecule has 1 N–H and O–H groups in total. The average molecular weight is 288 g/mol. The molecule has 3 heterocycles. The number of hydrogen-bond acceptors (Lipinski definition) is 5. The lowest BCUT2D eigenvalue weighted by Gasteiger charge is -2.24. The maximum Gasteiger partial charge on any atom is 0.269 e. The molecule has 1 unspecified atom stereocenters. The van der Waals surface area contributed by atoms with Gasteiger partial charge in [0.1, 0.15) is 5.69 Å². The van der Waals surface area contributed by atoms with Crippen LogP contribution in [0.15, 0.2) is 36.0 Å². The Morgan fingerprint density at radius 1 is 1.40 bits per heavy atom. The van der Waals surface area contributed by atoms with E-state index in [4.69, 9.17) is 0 Å². The molecule has 20 heavy (non-hydrogen) atoms. The SMILES string of the molecule is O=C(NCC1CCCN1c1nccs1)c1ccccn1. The zero-order valence-electron chi connectivity index (χ0n) is 11.0. The molecule has 1 fully saturated rings. The topological polar surface area (TPSA) is 58.1 Å². The minimum Gasteiger partial charge on any atom is -0.349 e. The summed E-state index contributed by atoms with van der Waals surface area (Å²) < 4.78 is 0. The number of carbonyl (C=O) groups excluding carboxylic acids is 1. The Balaban J connectivity index is 1.59. The molecule has 1 saturated heterocycles. The smallest absolute Gasteiger partial charge is 0.269 e. The van der Waals surface area contributed by atoms with Crippen LogP contribution in [-0.2, 0) is 0 Å². The first kappa shape index (κ1) is 13.1. The Morgan fingerprint density at radius 2 is 2.35 bits per heavy atom. The Labute approximate surface area is 121 Å². The summed E-state index contributed by atoms with van der Waals surface area (Å²) in [5.74, 6) is -0.114. The van der Waals surface area contributed by atoms with Crippen LogP contribution in [0, 0.1) is 0 Å². The molecule has 1 aliphatic heterocycles. The molecule has 0 radical (unpaired) electrons. The lowest BCUT2D eigenvalue weighted by Crippen LogP contribution is -2.40. The van der Waals surface area contributed by atoms with Crippen molar-refractivity contribution in [3.05, 3.63) is 41.7 Å². The number of carbonyl (C=O) groups is 1. The summed E-state index contributed by atoms with van der Waals surface area (Å²) >= 11 is 1.64. The summed E-state index contributed by atoms with van der Waals surface area (Å²) in [5.41, 5.74) is 0.464. The monoisotopic (exact) mass is 288 g/mol. The molecule has 0 spiro atoms. The van der Waals surface area contributed by atoms with Crippen LogP contribution in [0.25, 0.3) is 0 Å². The van der Waals surface area contributed by atoms with Gasteiger partial charge >= 0.3 is 0 Å². The van der Waals surface area contributed by atoms with Crippen LogP contribution in [-0.4, -0.2) is 35.0 Å². The molecular weight excluding hydrogens is 272 g/mol. The number of rotatable bonds is 4. The summed E-state index contributed by atoms with van der Waals surface area (Å²) in [4.78, 5) is 22.7. The van der Waals surface area contributed by atoms with Gasteiger partial charge in [-0.05, 0) is 25.0 Å². The van der Waals surface area contributed by atoms with Crippen LogP contribution < -0.4 is 10.2 Å². The highest BCUT2D eigenvalue weighted by atomic mass is 32.1. The Hall–Kier alpha value is -1.95. The first-order chi connectivity index (χ1) is 9.84. The highest BCUT2D eigenvalue weighted by molar-refractivity contribution is 7.13. The van der Waals surface area contributed by atoms with Crippen LogP contribution in [0.3, 0.4) is 0 Å². The van der Waals surface area contributed by atoms with Crippen molar-refractivity contribution in [2.75, 3.05) is 18.0 Å². The molecule has 0 aliphatic carbocycles. The molecule has 6 heteroatoms. The van der Waals surface area contributed by atoms with E-state index in [1.54, 1.807) is 29.7 Å². The molecule has 1 atom stereocenters. The van der Waals surface area contributed by atoms with Gasteiger partial charge in [-0.3, -0.25) is 9.78 Å². The highest BCUT2D eigenvalue weighted by Gasteiger charge is 2.26. The van der Waals surface area contributed by atoms with Gasteiger partial charge in [0.05, 0.1) is 0 Å². The Bertz CT molecular complexity index is 558. The van der Waals surface area contributed by atoms with Crippen molar-refractivity contribution in [3.8, 4) is 0 Å². The summed E-state index contributed by atoms with van der Waals surface area (Å²) in [6, 6.07) is 5.67. The first-order valence-electron chi connectivity index (χ1n) is 6.70. The van der Waals surface area contributed by atoms with Gasteiger partial charge in [-0.2, -0.15) is 0 Å². The van der Waals surface area contributed by atoms with Gasteiger partial charge in [-0.1, -0.05) is 6.07 Å². The van der Waals surface area contributed by atoms with Gasteiger partial charge in [0.15, 0.2) is 5.13 Å². The second-order valence-electron chi connectivity index (χ2n) is 4.73. The zero-order chi connectivity index (χ0) is 13.8. The van der Waals surface area contributed by atoms with E-state index >= 15 is 0 Å². The molecule has 2 aromatic heterocycles. The van der Waals surface area contributed by atoms with Gasteiger partial charge in [0.25, 0.3) is 5.91 Å². The molecule has 2 aromatic rings. The van der Waals surface area contributed by atoms with E-state index in [0.717, 1.165) is 24.5 Å². The largest absolute Gasteiger partial charge is 0.349 e. The second kappa shape index (κ2) is 6.00. The van der Waals surface area contributed by atoms with Gasteiger partial charge in [-0.15, -0.1) is 11.3 Å². The van der Waals surface area contributed by atoms with Crippen molar-refractivity contribution in [3.63, 3.8) is 0 Å². The molecule has 3 rings (SSSR count). The molecule has 0 saturated carbocycles. The van der Waals surface area contributed by atoms with E-state index < -0.39 is 0 Å². The third-order valence-corrected chi connectivity index (χ3v) is 4.25. The number of nitrogens with zero attached hydrogens (tertiary/aromatic N) is 3. The van der Waals surface area contributed by atoms with Crippen LogP contribution >= 0.6 is 11.3 Å². The molecule has 0 aromatic carbocycles. The first-order valence-corrected chi connectivity index (χ1v) is 7.58. The fraction of sp³-hybridized carbons (Fsp3) is 0.357. The van der Waals surface area contributed by atoms with Gasteiger partial charge in [0.2, 0.25) is 0 Å². The van der Waals surface area contributed by atoms with Crippen molar-refractivity contribution < 1.29 is 4.79 Å². The zero-order valence-corrected chi connectivity index (χ0v) is 11.8. The summed E-state index contributed by atoms with van der Waals surface area (Å²) in [5, 5.41) is 5.99. The van der Waals surface area contributed by atoms with E-state index in [1.165, 1.54) is 0 Å². The Morgan fingerprint density at radius 3 is 3.10 bits per heavy atom. The molecular formula is C14H16N4OS. The van der Waals surface area contributed by atoms with Crippen molar-refractivity contribution in [2.24, 2.45) is 0 Å². The number of thiazole rings is 1. The maximum absolute atomic E-state index is 12.0. The fourth-order valence-corrected chi connectivity index (χ4v) is 3.20. The lowest BCUT2D eigenvalue weighted by atomic mass is 10.2. The van der Waals surface area contributed by atoms with Crippen molar-refractivity contribution >= 4 is 22.4 Å². The number of pyridine rings is 1. The normalized spacial score (nSPS) is 18.2. The predicted octanol–water partition coefficient (Wildman–Crippen LogP) is 1.94. The van der Waals surface area contributed by atoms with Crippen LogP contribution in [0.4, 0.5) is 5.13 Å². The highest BCUT2D eigenvalue weighted by Crippen LogP contribution is 2.26. The third kappa shape index (κ3) is 2.80. The molecule has 104 valence electrons. The molecule has 1 amide bonds. The molecule has 0 bridgehead atoms. The van der Waals surface area contributed by atoms with Crippen molar-refractivity contribution in [1.82, 2.24) is 15.3 Å². The average Bonchev–Trinajstić information content (AvgIpc) is 3.16. The number of aromatic nitrogens is 2. The van der Waals surface area contributed by atoms with E-state index in [-0.39, 0.29) is 5.91 Å². The van der Waals surface area contributed by atoms with Gasteiger partial charge < -0.3 is 10.2 Å². The quantitative estimate of drug-likeness (QED) is 0.934. The van der Waals surface area contributed by atoms with E-state index in [0.29, 0.717) is 18.3 Å². The second-order valence-corrected chi connectivity index (χ2v) is 5.60. The fourth-order valence-electron chi connectivity index (χ4n) is 2.46. The molecule has 5 nitrogen and oxygen atoms in total. The third-order valence-electron chi connectivity index (χ3n) is 3.44. The minimum absolute atomic E-state index is 0.114. The summed E-state index contributed by atoms with van der Waals surface area (Å²) in [7, 11) is 0. The maximum atomic E-state index is 12.0. The number of nitrogens with one attached hydrogen (secondary N) is 1. The summed E-state index contributed by atoms with van der Waals surface area (Å²) in [6.45, 7) is 1.65. The lowest BCUT2D eigenvalue weighted by molar-refractivity contribution is 0.0946. The van der Waals surface area contributed by atoms with Crippen LogP contribution in [0.2, 0.25) is 0 Å². The van der Waals surface area contributed by atoms with E-state index in [2.05, 4.69) is 20.2 Å². The van der Waals surface area contributed by atoms with Gasteiger partial charge in [-0.25, -0.2) is 4.98 Å². The Kier molecular flexibility index (Phi) is 3.92. The standard InChI is InChI=1S/C14H16N4OS/c19-13(12-5-1-2-6-15-12)17-10-11-4-3-8-18(11)14-16-7-9-20-14/h1-2,5-7,9,11H,3-4,8,10H2,(H,17,19). The minimum atomic E-state index is -0.114. The summed E-state index contributed by atoms with van der Waals surface area (Å²) in [6.07, 6.45) is 5.68. The van der Waals surface area contributed by atoms with Crippen molar-refractivity contribution in [2.45, 2.75) is 18.9 Å². The molecule has 1 aliphatic rings. The number of anilines is 1. The van der Waals surface area contributed by atoms with E-state index in [9.17, 15) is 4.79 Å². The van der Waals surface area contributed by atoms with Crippen molar-refractivity contribution in [1.29, 1.82) is 0 Å². The van der Waals surface area contributed by atoms with Crippen LogP contribution in [0.1, 0.15) is 23.3 Å². The number of hydrogen-bond donors (Lipinski definition) is 1. The predicted molar refractivity (Wildman–Crippen MR) is 79.1 cm³/mol.